The van der Waals surface area contributed by atoms with E-state index in [2.05, 4.69) is 5.32 Å². The molecule has 1 aromatic rings. The molecular weight excluding hydrogens is 195 g/mol. The summed E-state index contributed by atoms with van der Waals surface area (Å²) < 4.78 is 18.4. The monoisotopic (exact) mass is 212 g/mol. The van der Waals surface area contributed by atoms with E-state index < -0.39 is 0 Å². The number of ether oxygens (including phenoxy) is 1. The maximum absolute atomic E-state index is 13.4. The Morgan fingerprint density at radius 1 is 1.53 bits per heavy atom. The highest BCUT2D eigenvalue weighted by Crippen LogP contribution is 2.15. The van der Waals surface area contributed by atoms with Crippen LogP contribution in [-0.2, 0) is 6.54 Å². The zero-order valence-corrected chi connectivity index (χ0v) is 9.09. The van der Waals surface area contributed by atoms with Crippen molar-refractivity contribution in [2.45, 2.75) is 19.5 Å². The van der Waals surface area contributed by atoms with Crippen LogP contribution in [-0.4, -0.2) is 19.7 Å². The molecule has 0 radical (unpaired) electrons. The summed E-state index contributed by atoms with van der Waals surface area (Å²) in [5, 5.41) is 3.12. The lowest BCUT2D eigenvalue weighted by Crippen LogP contribution is -2.32. The SMILES string of the molecule is COc1ccc(CN[C@H](C)CN)c(F)c1. The molecule has 15 heavy (non-hydrogen) atoms. The molecule has 1 atom stereocenters. The molecule has 4 heteroatoms. The topological polar surface area (TPSA) is 47.3 Å². The minimum atomic E-state index is -0.258. The summed E-state index contributed by atoms with van der Waals surface area (Å²) in [4.78, 5) is 0. The van der Waals surface area contributed by atoms with Gasteiger partial charge in [-0.2, -0.15) is 0 Å². The van der Waals surface area contributed by atoms with Crippen LogP contribution >= 0.6 is 0 Å². The molecule has 0 aliphatic rings. The zero-order valence-electron chi connectivity index (χ0n) is 9.09. The van der Waals surface area contributed by atoms with E-state index in [1.54, 1.807) is 12.1 Å². The molecule has 0 bridgehead atoms. The second kappa shape index (κ2) is 5.68. The number of hydrogen-bond donors (Lipinski definition) is 2. The summed E-state index contributed by atoms with van der Waals surface area (Å²) in [6, 6.07) is 5.02. The van der Waals surface area contributed by atoms with E-state index in [0.717, 1.165) is 0 Å². The lowest BCUT2D eigenvalue weighted by Gasteiger charge is -2.12. The van der Waals surface area contributed by atoms with Crippen molar-refractivity contribution >= 4 is 0 Å². The molecule has 0 spiro atoms. The second-order valence-electron chi connectivity index (χ2n) is 3.47. The van der Waals surface area contributed by atoms with Crippen molar-refractivity contribution in [3.63, 3.8) is 0 Å². The molecule has 0 aliphatic heterocycles. The van der Waals surface area contributed by atoms with Crippen LogP contribution in [0.15, 0.2) is 18.2 Å². The van der Waals surface area contributed by atoms with Gasteiger partial charge in [-0.15, -0.1) is 0 Å². The Kier molecular flexibility index (Phi) is 4.52. The van der Waals surface area contributed by atoms with E-state index in [4.69, 9.17) is 10.5 Å². The van der Waals surface area contributed by atoms with Crippen molar-refractivity contribution in [1.29, 1.82) is 0 Å². The largest absolute Gasteiger partial charge is 0.497 e. The summed E-state index contributed by atoms with van der Waals surface area (Å²) >= 11 is 0. The van der Waals surface area contributed by atoms with Crippen molar-refractivity contribution in [3.05, 3.63) is 29.6 Å². The van der Waals surface area contributed by atoms with Gasteiger partial charge in [0.25, 0.3) is 0 Å². The van der Waals surface area contributed by atoms with E-state index in [1.807, 2.05) is 6.92 Å². The number of hydrogen-bond acceptors (Lipinski definition) is 3. The third-order valence-corrected chi connectivity index (χ3v) is 2.25. The molecule has 0 heterocycles. The average molecular weight is 212 g/mol. The van der Waals surface area contributed by atoms with E-state index in [-0.39, 0.29) is 11.9 Å². The predicted molar refractivity (Wildman–Crippen MR) is 58.3 cm³/mol. The first-order chi connectivity index (χ1) is 7.17. The molecule has 3 nitrogen and oxygen atoms in total. The van der Waals surface area contributed by atoms with Crippen LogP contribution < -0.4 is 15.8 Å². The lowest BCUT2D eigenvalue weighted by atomic mass is 10.2. The first-order valence-corrected chi connectivity index (χ1v) is 4.93. The summed E-state index contributed by atoms with van der Waals surface area (Å²) in [5.41, 5.74) is 6.07. The van der Waals surface area contributed by atoms with Gasteiger partial charge in [0.15, 0.2) is 0 Å². The Morgan fingerprint density at radius 3 is 2.80 bits per heavy atom. The lowest BCUT2D eigenvalue weighted by molar-refractivity contribution is 0.410. The van der Waals surface area contributed by atoms with Gasteiger partial charge in [-0.1, -0.05) is 6.07 Å². The van der Waals surface area contributed by atoms with Gasteiger partial charge in [-0.05, 0) is 13.0 Å². The smallest absolute Gasteiger partial charge is 0.131 e. The summed E-state index contributed by atoms with van der Waals surface area (Å²) in [6.45, 7) is 2.98. The maximum atomic E-state index is 13.4. The van der Waals surface area contributed by atoms with Gasteiger partial charge in [-0.25, -0.2) is 4.39 Å². The van der Waals surface area contributed by atoms with E-state index in [1.165, 1.54) is 13.2 Å². The minimum absolute atomic E-state index is 0.187. The van der Waals surface area contributed by atoms with Crippen LogP contribution in [0.1, 0.15) is 12.5 Å². The summed E-state index contributed by atoms with van der Waals surface area (Å²) in [7, 11) is 1.52. The Balaban J connectivity index is 2.62. The standard InChI is InChI=1S/C11H17FN2O/c1-8(6-13)14-7-9-3-4-10(15-2)5-11(9)12/h3-5,8,14H,6-7,13H2,1-2H3/t8-/m1/s1. The van der Waals surface area contributed by atoms with Gasteiger partial charge in [0.1, 0.15) is 11.6 Å². The van der Waals surface area contributed by atoms with Crippen LogP contribution in [0.4, 0.5) is 4.39 Å². The molecule has 0 aliphatic carbocycles. The summed E-state index contributed by atoms with van der Waals surface area (Å²) in [5.74, 6) is 0.272. The van der Waals surface area contributed by atoms with Crippen molar-refractivity contribution in [2.24, 2.45) is 5.73 Å². The Hall–Kier alpha value is -1.13. The zero-order chi connectivity index (χ0) is 11.3. The maximum Gasteiger partial charge on any atom is 0.131 e. The first kappa shape index (κ1) is 11.9. The molecule has 0 saturated heterocycles. The quantitative estimate of drug-likeness (QED) is 0.772. The van der Waals surface area contributed by atoms with Gasteiger partial charge in [0.05, 0.1) is 7.11 Å². The molecule has 0 fully saturated rings. The fraction of sp³-hybridized carbons (Fsp3) is 0.455. The fourth-order valence-corrected chi connectivity index (χ4v) is 1.17. The first-order valence-electron chi connectivity index (χ1n) is 4.93. The minimum Gasteiger partial charge on any atom is -0.497 e. The van der Waals surface area contributed by atoms with E-state index in [9.17, 15) is 4.39 Å². The molecule has 0 amide bonds. The van der Waals surface area contributed by atoms with E-state index >= 15 is 0 Å². The van der Waals surface area contributed by atoms with Crippen LogP contribution in [0.25, 0.3) is 0 Å². The second-order valence-corrected chi connectivity index (χ2v) is 3.47. The Bertz CT molecular complexity index is 317. The number of methoxy groups -OCH3 is 1. The molecule has 0 unspecified atom stereocenters. The normalized spacial score (nSPS) is 12.5. The van der Waals surface area contributed by atoms with Crippen molar-refractivity contribution < 1.29 is 9.13 Å². The molecule has 84 valence electrons. The highest BCUT2D eigenvalue weighted by atomic mass is 19.1. The van der Waals surface area contributed by atoms with Gasteiger partial charge in [0.2, 0.25) is 0 Å². The fourth-order valence-electron chi connectivity index (χ4n) is 1.17. The number of halogens is 1. The highest BCUT2D eigenvalue weighted by Gasteiger charge is 2.05. The highest BCUT2D eigenvalue weighted by molar-refractivity contribution is 5.28. The van der Waals surface area contributed by atoms with Crippen molar-refractivity contribution in [2.75, 3.05) is 13.7 Å². The number of nitrogens with two attached hydrogens (primary N) is 1. The van der Waals surface area contributed by atoms with Gasteiger partial charge < -0.3 is 15.8 Å². The summed E-state index contributed by atoms with van der Waals surface area (Å²) in [6.07, 6.45) is 0. The molecule has 0 saturated carbocycles. The van der Waals surface area contributed by atoms with Crippen LogP contribution in [0.3, 0.4) is 0 Å². The van der Waals surface area contributed by atoms with Crippen LogP contribution in [0.5, 0.6) is 5.75 Å². The predicted octanol–water partition coefficient (Wildman–Crippen LogP) is 1.27. The number of benzene rings is 1. The number of nitrogens with one attached hydrogen (secondary N) is 1. The van der Waals surface area contributed by atoms with Crippen molar-refractivity contribution in [1.82, 2.24) is 5.32 Å². The molecular formula is C11H17FN2O. The Morgan fingerprint density at radius 2 is 2.27 bits per heavy atom. The van der Waals surface area contributed by atoms with Gasteiger partial charge >= 0.3 is 0 Å². The molecule has 1 rings (SSSR count). The van der Waals surface area contributed by atoms with Crippen LogP contribution in [0.2, 0.25) is 0 Å². The van der Waals surface area contributed by atoms with Gasteiger partial charge in [-0.3, -0.25) is 0 Å². The van der Waals surface area contributed by atoms with Crippen LogP contribution in [0, 0.1) is 5.82 Å². The van der Waals surface area contributed by atoms with E-state index in [0.29, 0.717) is 24.4 Å². The molecule has 3 N–H and O–H groups in total. The third kappa shape index (κ3) is 3.49. The average Bonchev–Trinajstić information content (AvgIpc) is 2.26. The third-order valence-electron chi connectivity index (χ3n) is 2.25. The molecule has 0 aromatic heterocycles. The van der Waals surface area contributed by atoms with Crippen molar-refractivity contribution in [3.8, 4) is 5.75 Å². The Labute approximate surface area is 89.4 Å². The number of rotatable bonds is 5. The van der Waals surface area contributed by atoms with Gasteiger partial charge in [0, 0.05) is 30.8 Å². The molecule has 1 aromatic carbocycles.